The Hall–Kier alpha value is -4.43. The van der Waals surface area contributed by atoms with Crippen LogP contribution >= 0.6 is 0 Å². The Labute approximate surface area is 179 Å². The Morgan fingerprint density at radius 3 is 1.65 bits per heavy atom. The topological polar surface area (TPSA) is 54.3 Å². The van der Waals surface area contributed by atoms with Gasteiger partial charge in [-0.05, 0) is 21.2 Å². The van der Waals surface area contributed by atoms with E-state index in [0.29, 0.717) is 0 Å². The van der Waals surface area contributed by atoms with E-state index in [-0.39, 0.29) is 11.3 Å². The second-order valence-corrected chi connectivity index (χ2v) is 7.25. The highest BCUT2D eigenvalue weighted by molar-refractivity contribution is 5.49. The van der Waals surface area contributed by atoms with Crippen molar-refractivity contribution in [2.24, 2.45) is 0 Å². The van der Waals surface area contributed by atoms with Crippen LogP contribution in [0.25, 0.3) is 0 Å². The van der Waals surface area contributed by atoms with Crippen molar-refractivity contribution in [3.63, 3.8) is 0 Å². The molecule has 0 saturated heterocycles. The van der Waals surface area contributed by atoms with E-state index in [1.165, 1.54) is 10.6 Å². The molecular weight excluding hydrogens is 384 g/mol. The molecule has 0 atom stereocenters. The molecule has 0 aliphatic heterocycles. The molecule has 0 radical (unpaired) electrons. The second-order valence-electron chi connectivity index (χ2n) is 7.25. The first-order chi connectivity index (χ1) is 15.3. The molecule has 5 aromatic rings. The maximum Gasteiger partial charge on any atom is 0.312 e. The van der Waals surface area contributed by atoms with Gasteiger partial charge in [-0.1, -0.05) is 91.0 Å². The smallest absolute Gasteiger partial charge is 0.263 e. The average molecular weight is 403 g/mol. The van der Waals surface area contributed by atoms with Crippen molar-refractivity contribution >= 4 is 0 Å². The summed E-state index contributed by atoms with van der Waals surface area (Å²) in [4.78, 5) is 12.7. The van der Waals surface area contributed by atoms with Crippen LogP contribution in [0.2, 0.25) is 0 Å². The molecule has 2 heterocycles. The molecule has 0 N–H and O–H groups in total. The van der Waals surface area contributed by atoms with Crippen molar-refractivity contribution in [2.75, 3.05) is 0 Å². The molecule has 31 heavy (non-hydrogen) atoms. The van der Waals surface area contributed by atoms with Gasteiger partial charge in [0.05, 0.1) is 6.20 Å². The predicted molar refractivity (Wildman–Crippen MR) is 117 cm³/mol. The number of nitriles is 1. The first-order valence-corrected chi connectivity index (χ1v) is 9.99. The summed E-state index contributed by atoms with van der Waals surface area (Å²) in [5, 5.41) is 9.56. The van der Waals surface area contributed by atoms with Crippen molar-refractivity contribution in [3.8, 4) is 6.07 Å². The monoisotopic (exact) mass is 403 g/mol. The van der Waals surface area contributed by atoms with E-state index in [1.54, 1.807) is 23.1 Å². The first-order valence-electron chi connectivity index (χ1n) is 9.99. The van der Waals surface area contributed by atoms with Gasteiger partial charge >= 0.3 is 5.56 Å². The number of aromatic nitrogens is 3. The summed E-state index contributed by atoms with van der Waals surface area (Å²) >= 11 is 0. The number of hydrogen-bond donors (Lipinski definition) is 0. The van der Waals surface area contributed by atoms with Gasteiger partial charge in [0.25, 0.3) is 0 Å². The molecule has 148 valence electrons. The van der Waals surface area contributed by atoms with Crippen LogP contribution in [0.15, 0.2) is 120 Å². The van der Waals surface area contributed by atoms with Crippen LogP contribution in [0, 0.1) is 11.3 Å². The van der Waals surface area contributed by atoms with E-state index in [2.05, 4.69) is 42.5 Å². The van der Waals surface area contributed by atoms with Crippen LogP contribution in [0.1, 0.15) is 22.4 Å². The molecule has 0 aliphatic carbocycles. The Morgan fingerprint density at radius 1 is 0.710 bits per heavy atom. The Morgan fingerprint density at radius 2 is 1.19 bits per heavy atom. The number of nitrogens with zero attached hydrogens (tertiary/aromatic N) is 4. The highest BCUT2D eigenvalue weighted by Crippen LogP contribution is 2.39. The molecule has 0 aliphatic rings. The molecule has 0 bridgehead atoms. The third-order valence-electron chi connectivity index (χ3n) is 5.62. The van der Waals surface area contributed by atoms with E-state index >= 15 is 0 Å². The fraction of sp³-hybridized carbons (Fsp3) is 0.0385. The van der Waals surface area contributed by atoms with E-state index in [1.807, 2.05) is 59.3 Å². The molecule has 5 heteroatoms. The van der Waals surface area contributed by atoms with Crippen LogP contribution in [-0.2, 0) is 5.54 Å². The number of rotatable bonds is 4. The minimum Gasteiger partial charge on any atom is -0.263 e. The van der Waals surface area contributed by atoms with Crippen LogP contribution in [-0.4, -0.2) is 9.20 Å². The molecule has 5 nitrogen and oxygen atoms in total. The normalized spacial score (nSPS) is 11.3. The summed E-state index contributed by atoms with van der Waals surface area (Å²) in [7, 11) is 0. The Kier molecular flexibility index (Phi) is 4.46. The molecule has 0 amide bonds. The Bertz CT molecular complexity index is 1350. The average Bonchev–Trinajstić information content (AvgIpc) is 3.28. The molecule has 0 fully saturated rings. The summed E-state index contributed by atoms with van der Waals surface area (Å²) < 4.78 is 5.12. The first kappa shape index (κ1) is 18.6. The minimum atomic E-state index is -0.783. The molecule has 0 saturated carbocycles. The predicted octanol–water partition coefficient (Wildman–Crippen LogP) is 3.40. The van der Waals surface area contributed by atoms with Crippen LogP contribution in [0.3, 0.4) is 0 Å². The lowest BCUT2D eigenvalue weighted by molar-refractivity contribution is -0.713. The summed E-state index contributed by atoms with van der Waals surface area (Å²) in [6, 6.07) is 35.8. The molecule has 0 unspecified atom stereocenters. The number of fused-ring (bicyclic) bond motifs is 1. The fourth-order valence-electron chi connectivity index (χ4n) is 4.33. The lowest BCUT2D eigenvalue weighted by atomic mass is 9.77. The van der Waals surface area contributed by atoms with E-state index < -0.39 is 5.54 Å². The maximum atomic E-state index is 12.7. The molecule has 0 spiro atoms. The van der Waals surface area contributed by atoms with E-state index in [0.717, 1.165) is 16.7 Å². The zero-order valence-electron chi connectivity index (χ0n) is 16.7. The van der Waals surface area contributed by atoms with Gasteiger partial charge in [-0.3, -0.25) is 4.79 Å². The van der Waals surface area contributed by atoms with Crippen molar-refractivity contribution in [2.45, 2.75) is 5.54 Å². The quantitative estimate of drug-likeness (QED) is 0.341. The highest BCUT2D eigenvalue weighted by atomic mass is 16.1. The zero-order valence-corrected chi connectivity index (χ0v) is 16.7. The van der Waals surface area contributed by atoms with Crippen LogP contribution in [0.5, 0.6) is 0 Å². The standard InChI is InChI=1S/C26H19N4O/c27-20-24-16-19-29-28(18-17-25(31)30(24)29)26(21-10-4-1-5-11-21,22-12-6-2-7-13-22)23-14-8-3-9-15-23/h1-19H/q+1. The van der Waals surface area contributed by atoms with Crippen molar-refractivity contribution < 1.29 is 4.63 Å². The van der Waals surface area contributed by atoms with Gasteiger partial charge in [-0.2, -0.15) is 5.26 Å². The molecular formula is C26H19N4O+. The van der Waals surface area contributed by atoms with Gasteiger partial charge in [0, 0.05) is 16.8 Å². The van der Waals surface area contributed by atoms with E-state index in [4.69, 9.17) is 0 Å². The van der Waals surface area contributed by atoms with Gasteiger partial charge in [0.15, 0.2) is 11.2 Å². The fourth-order valence-corrected chi connectivity index (χ4v) is 4.33. The lowest BCUT2D eigenvalue weighted by Crippen LogP contribution is -2.55. The summed E-state index contributed by atoms with van der Waals surface area (Å²) in [5.41, 5.74) is 2.33. The zero-order chi connectivity index (χ0) is 21.3. The minimum absolute atomic E-state index is 0.263. The lowest BCUT2D eigenvalue weighted by Gasteiger charge is -2.34. The highest BCUT2D eigenvalue weighted by Gasteiger charge is 2.43. The van der Waals surface area contributed by atoms with Crippen LogP contribution < -0.4 is 10.2 Å². The molecule has 2 aromatic heterocycles. The largest absolute Gasteiger partial charge is 0.312 e. The van der Waals surface area contributed by atoms with Crippen molar-refractivity contribution in [1.82, 2.24) is 9.20 Å². The van der Waals surface area contributed by atoms with Gasteiger partial charge < -0.3 is 0 Å². The summed E-state index contributed by atoms with van der Waals surface area (Å²) in [5.74, 6) is 0. The third-order valence-corrected chi connectivity index (χ3v) is 5.62. The van der Waals surface area contributed by atoms with Gasteiger partial charge in [0.1, 0.15) is 6.07 Å². The molecule has 5 rings (SSSR count). The summed E-state index contributed by atoms with van der Waals surface area (Å²) in [6.07, 6.45) is 3.54. The van der Waals surface area contributed by atoms with Gasteiger partial charge in [-0.15, -0.1) is 4.68 Å². The third kappa shape index (κ3) is 2.77. The van der Waals surface area contributed by atoms with Crippen molar-refractivity contribution in [1.29, 1.82) is 5.26 Å². The number of hydrogen-bond acceptors (Lipinski definition) is 2. The SMILES string of the molecule is N#Cc1cc[n+]2n(C(c3ccccc3)(c3ccccc3)c3ccccc3)ccc(=O)n12. The second kappa shape index (κ2) is 7.43. The van der Waals surface area contributed by atoms with Gasteiger partial charge in [0.2, 0.25) is 6.20 Å². The van der Waals surface area contributed by atoms with Crippen LogP contribution in [0.4, 0.5) is 0 Å². The van der Waals surface area contributed by atoms with E-state index in [9.17, 15) is 10.1 Å². The summed E-state index contributed by atoms with van der Waals surface area (Å²) in [6.45, 7) is 0. The van der Waals surface area contributed by atoms with Crippen molar-refractivity contribution in [3.05, 3.63) is 148 Å². The Balaban J connectivity index is 2.01. The molecule has 3 aromatic carbocycles. The maximum absolute atomic E-state index is 12.7. The van der Waals surface area contributed by atoms with Gasteiger partial charge in [-0.25, -0.2) is 0 Å². The number of benzene rings is 3.